The second kappa shape index (κ2) is 6.06. The predicted octanol–water partition coefficient (Wildman–Crippen LogP) is 1.25. The van der Waals surface area contributed by atoms with Gasteiger partial charge in [0.15, 0.2) is 0 Å². The fourth-order valence-electron chi connectivity index (χ4n) is 1.94. The number of hydrogen-bond donors (Lipinski definition) is 2. The Morgan fingerprint density at radius 3 is 2.58 bits per heavy atom. The Balaban J connectivity index is 2.39. The zero-order valence-electron chi connectivity index (χ0n) is 12.3. The summed E-state index contributed by atoms with van der Waals surface area (Å²) in [5.41, 5.74) is 0.996. The molecule has 0 saturated carbocycles. The quantitative estimate of drug-likeness (QED) is 0.843. The lowest BCUT2D eigenvalue weighted by Gasteiger charge is -2.25. The zero-order chi connectivity index (χ0) is 14.6. The van der Waals surface area contributed by atoms with E-state index in [0.717, 1.165) is 17.0 Å². The van der Waals surface area contributed by atoms with E-state index in [0.29, 0.717) is 13.0 Å². The van der Waals surface area contributed by atoms with Gasteiger partial charge in [0.05, 0.1) is 17.8 Å². The maximum atomic E-state index is 11.8. The van der Waals surface area contributed by atoms with Gasteiger partial charge in [-0.15, -0.1) is 0 Å². The van der Waals surface area contributed by atoms with Gasteiger partial charge < -0.3 is 19.8 Å². The van der Waals surface area contributed by atoms with E-state index >= 15 is 0 Å². The maximum Gasteiger partial charge on any atom is 0.317 e. The Morgan fingerprint density at radius 2 is 2.11 bits per heavy atom. The van der Waals surface area contributed by atoms with Crippen molar-refractivity contribution in [2.45, 2.75) is 39.7 Å². The third-order valence-electron chi connectivity index (χ3n) is 2.80. The van der Waals surface area contributed by atoms with Crippen LogP contribution in [0.4, 0.5) is 4.79 Å². The molecule has 0 fully saturated rings. The fourth-order valence-corrected chi connectivity index (χ4v) is 1.94. The van der Waals surface area contributed by atoms with E-state index in [2.05, 4.69) is 10.5 Å². The summed E-state index contributed by atoms with van der Waals surface area (Å²) < 4.78 is 5.06. The molecule has 0 aromatic carbocycles. The first-order chi connectivity index (χ1) is 8.70. The van der Waals surface area contributed by atoms with Crippen LogP contribution in [0.5, 0.6) is 0 Å². The molecular formula is C13H23N3O3. The summed E-state index contributed by atoms with van der Waals surface area (Å²) in [4.78, 5) is 13.2. The number of carbonyl (C=O) groups is 1. The number of carbonyl (C=O) groups excluding carboxylic acids is 1. The lowest BCUT2D eigenvalue weighted by atomic mass is 10.1. The third-order valence-corrected chi connectivity index (χ3v) is 2.80. The van der Waals surface area contributed by atoms with Crippen LogP contribution in [0.15, 0.2) is 4.52 Å². The van der Waals surface area contributed by atoms with Crippen molar-refractivity contribution in [3.05, 3.63) is 17.0 Å². The van der Waals surface area contributed by atoms with Crippen LogP contribution in [-0.4, -0.2) is 46.9 Å². The Kier molecular flexibility index (Phi) is 4.94. The molecule has 6 heteroatoms. The molecule has 0 unspecified atom stereocenters. The molecule has 1 rings (SSSR count). The van der Waals surface area contributed by atoms with Crippen LogP contribution in [0.25, 0.3) is 0 Å². The second-order valence-electron chi connectivity index (χ2n) is 5.45. The highest BCUT2D eigenvalue weighted by Gasteiger charge is 2.19. The minimum absolute atomic E-state index is 0.200. The summed E-state index contributed by atoms with van der Waals surface area (Å²) in [5, 5.41) is 16.3. The van der Waals surface area contributed by atoms with Crippen molar-refractivity contribution in [1.82, 2.24) is 15.4 Å². The van der Waals surface area contributed by atoms with Gasteiger partial charge in [-0.05, 0) is 34.1 Å². The van der Waals surface area contributed by atoms with Crippen LogP contribution in [0, 0.1) is 13.8 Å². The van der Waals surface area contributed by atoms with E-state index in [1.807, 2.05) is 13.8 Å². The van der Waals surface area contributed by atoms with E-state index in [4.69, 9.17) is 4.52 Å². The van der Waals surface area contributed by atoms with Gasteiger partial charge >= 0.3 is 6.03 Å². The Bertz CT molecular complexity index is 415. The smallest absolute Gasteiger partial charge is 0.317 e. The van der Waals surface area contributed by atoms with Gasteiger partial charge in [-0.1, -0.05) is 5.16 Å². The second-order valence-corrected chi connectivity index (χ2v) is 5.45. The van der Waals surface area contributed by atoms with Crippen molar-refractivity contribution in [2.75, 3.05) is 20.1 Å². The van der Waals surface area contributed by atoms with E-state index in [1.165, 1.54) is 4.90 Å². The maximum absolute atomic E-state index is 11.8. The van der Waals surface area contributed by atoms with Crippen molar-refractivity contribution in [2.24, 2.45) is 0 Å². The van der Waals surface area contributed by atoms with Crippen LogP contribution in [0.2, 0.25) is 0 Å². The highest BCUT2D eigenvalue weighted by atomic mass is 16.5. The predicted molar refractivity (Wildman–Crippen MR) is 72.0 cm³/mol. The number of hydrogen-bond acceptors (Lipinski definition) is 4. The van der Waals surface area contributed by atoms with Gasteiger partial charge in [-0.2, -0.15) is 0 Å². The highest BCUT2D eigenvalue weighted by Crippen LogP contribution is 2.12. The van der Waals surface area contributed by atoms with Gasteiger partial charge in [0.1, 0.15) is 5.76 Å². The highest BCUT2D eigenvalue weighted by molar-refractivity contribution is 5.73. The average molecular weight is 269 g/mol. The first-order valence-electron chi connectivity index (χ1n) is 6.34. The number of amides is 2. The van der Waals surface area contributed by atoms with E-state index in [9.17, 15) is 9.90 Å². The third kappa shape index (κ3) is 4.90. The Labute approximate surface area is 113 Å². The van der Waals surface area contributed by atoms with Crippen LogP contribution >= 0.6 is 0 Å². The molecule has 19 heavy (non-hydrogen) atoms. The SMILES string of the molecule is Cc1noc(C)c1CCNC(=O)N(C)CC(C)(C)O. The van der Waals surface area contributed by atoms with Gasteiger partial charge in [0.2, 0.25) is 0 Å². The molecule has 0 aliphatic carbocycles. The fraction of sp³-hybridized carbons (Fsp3) is 0.692. The molecule has 1 heterocycles. The molecule has 0 radical (unpaired) electrons. The number of likely N-dealkylation sites (N-methyl/N-ethyl adjacent to an activating group) is 1. The van der Waals surface area contributed by atoms with Crippen LogP contribution in [0.3, 0.4) is 0 Å². The lowest BCUT2D eigenvalue weighted by Crippen LogP contribution is -2.45. The number of aliphatic hydroxyl groups is 1. The Morgan fingerprint density at radius 1 is 1.47 bits per heavy atom. The topological polar surface area (TPSA) is 78.6 Å². The molecule has 0 atom stereocenters. The van der Waals surface area contributed by atoms with Crippen LogP contribution < -0.4 is 5.32 Å². The molecule has 0 spiro atoms. The number of rotatable bonds is 5. The molecule has 0 saturated heterocycles. The largest absolute Gasteiger partial charge is 0.389 e. The van der Waals surface area contributed by atoms with Crippen molar-refractivity contribution in [1.29, 1.82) is 0 Å². The Hall–Kier alpha value is -1.56. The molecule has 2 N–H and O–H groups in total. The average Bonchev–Trinajstić information content (AvgIpc) is 2.57. The van der Waals surface area contributed by atoms with Crippen molar-refractivity contribution < 1.29 is 14.4 Å². The minimum atomic E-state index is -0.895. The lowest BCUT2D eigenvalue weighted by molar-refractivity contribution is 0.0532. The van der Waals surface area contributed by atoms with Crippen molar-refractivity contribution in [3.63, 3.8) is 0 Å². The summed E-state index contributed by atoms with van der Waals surface area (Å²) in [6.45, 7) is 7.87. The van der Waals surface area contributed by atoms with Gasteiger partial charge in [-0.3, -0.25) is 0 Å². The zero-order valence-corrected chi connectivity index (χ0v) is 12.3. The molecule has 1 aromatic heterocycles. The standard InChI is InChI=1S/C13H23N3O3/c1-9-11(10(2)19-15-9)6-7-14-12(17)16(5)8-13(3,4)18/h18H,6-8H2,1-5H3,(H,14,17). The molecule has 2 amide bonds. The number of aryl methyl sites for hydroxylation is 2. The van der Waals surface area contributed by atoms with E-state index < -0.39 is 5.60 Å². The van der Waals surface area contributed by atoms with Crippen LogP contribution in [-0.2, 0) is 6.42 Å². The van der Waals surface area contributed by atoms with Gasteiger partial charge in [-0.25, -0.2) is 4.79 Å². The normalized spacial score (nSPS) is 11.5. The molecule has 0 aliphatic rings. The summed E-state index contributed by atoms with van der Waals surface area (Å²) >= 11 is 0. The minimum Gasteiger partial charge on any atom is -0.389 e. The molecule has 108 valence electrons. The van der Waals surface area contributed by atoms with Gasteiger partial charge in [0.25, 0.3) is 0 Å². The molecular weight excluding hydrogens is 246 g/mol. The van der Waals surface area contributed by atoms with Crippen molar-refractivity contribution >= 4 is 6.03 Å². The number of urea groups is 1. The summed E-state index contributed by atoms with van der Waals surface area (Å²) in [7, 11) is 1.66. The molecule has 1 aromatic rings. The first kappa shape index (κ1) is 15.5. The van der Waals surface area contributed by atoms with E-state index in [-0.39, 0.29) is 12.6 Å². The molecule has 0 aliphatic heterocycles. The van der Waals surface area contributed by atoms with Gasteiger partial charge in [0, 0.05) is 19.2 Å². The number of nitrogens with zero attached hydrogens (tertiary/aromatic N) is 2. The van der Waals surface area contributed by atoms with E-state index in [1.54, 1.807) is 20.9 Å². The summed E-state index contributed by atoms with van der Waals surface area (Å²) in [6.07, 6.45) is 0.684. The summed E-state index contributed by atoms with van der Waals surface area (Å²) in [6, 6.07) is -0.200. The monoisotopic (exact) mass is 269 g/mol. The molecule has 6 nitrogen and oxygen atoms in total. The summed E-state index contributed by atoms with van der Waals surface area (Å²) in [5.74, 6) is 0.789. The number of nitrogens with one attached hydrogen (secondary N) is 1. The van der Waals surface area contributed by atoms with Crippen molar-refractivity contribution in [3.8, 4) is 0 Å². The first-order valence-corrected chi connectivity index (χ1v) is 6.34. The molecule has 0 bridgehead atoms. The number of aromatic nitrogens is 1. The van der Waals surface area contributed by atoms with Crippen LogP contribution in [0.1, 0.15) is 30.9 Å².